The summed E-state index contributed by atoms with van der Waals surface area (Å²) in [7, 11) is 0. The van der Waals surface area contributed by atoms with Gasteiger partial charge in [-0.25, -0.2) is 0 Å². The quantitative estimate of drug-likeness (QED) is 0.484. The van der Waals surface area contributed by atoms with E-state index < -0.39 is 0 Å². The maximum atomic E-state index is 2.56. The fourth-order valence-electron chi connectivity index (χ4n) is 4.78. The van der Waals surface area contributed by atoms with Gasteiger partial charge in [0.05, 0.1) is 0 Å². The predicted molar refractivity (Wildman–Crippen MR) is 127 cm³/mol. The van der Waals surface area contributed by atoms with Crippen molar-refractivity contribution in [2.45, 2.75) is 34.3 Å². The van der Waals surface area contributed by atoms with Crippen molar-refractivity contribution in [2.75, 3.05) is 4.90 Å². The van der Waals surface area contributed by atoms with Gasteiger partial charge in [0.25, 0.3) is 0 Å². The Kier molecular flexibility index (Phi) is 7.33. The summed E-state index contributed by atoms with van der Waals surface area (Å²) in [4.78, 5) is 5.23. The van der Waals surface area contributed by atoms with Crippen LogP contribution < -0.4 is 29.7 Å². The molecule has 1 unspecified atom stereocenters. The van der Waals surface area contributed by atoms with E-state index in [-0.39, 0.29) is 44.0 Å². The van der Waals surface area contributed by atoms with Crippen LogP contribution in [0, 0.1) is 0 Å². The first-order valence-electron chi connectivity index (χ1n) is 10.8. The number of rotatable bonds is 3. The number of para-hydroxylation sites is 2. The molecule has 3 aliphatic rings. The minimum absolute atomic E-state index is 0. The molecule has 0 saturated heterocycles. The largest absolute Gasteiger partial charge is 1.00 e. The van der Waals surface area contributed by atoms with Gasteiger partial charge in [-0.2, -0.15) is 0 Å². The third-order valence-electron chi connectivity index (χ3n) is 6.57. The molecule has 2 aliphatic carbocycles. The van der Waals surface area contributed by atoms with Crippen molar-refractivity contribution in [2.24, 2.45) is 0 Å². The summed E-state index contributed by atoms with van der Waals surface area (Å²) in [5.74, 6) is 0. The van der Waals surface area contributed by atoms with Crippen LogP contribution in [-0.2, 0) is 19.2 Å². The summed E-state index contributed by atoms with van der Waals surface area (Å²) >= 11 is 1.54. The van der Waals surface area contributed by atoms with Gasteiger partial charge < -0.3 is 24.8 Å². The smallest absolute Gasteiger partial charge is 1.00 e. The Morgan fingerprint density at radius 2 is 1.42 bits per heavy atom. The molecule has 1 atom stereocenters. The van der Waals surface area contributed by atoms with Gasteiger partial charge in [0.15, 0.2) is 0 Å². The minimum atomic E-state index is -0.347. The minimum Gasteiger partial charge on any atom is -1.00 e. The van der Waals surface area contributed by atoms with Gasteiger partial charge in [-0.3, -0.25) is 0 Å². The molecule has 0 aromatic heterocycles. The molecule has 0 saturated carbocycles. The molecule has 0 spiro atoms. The van der Waals surface area contributed by atoms with Gasteiger partial charge in [0, 0.05) is 0 Å². The standard InChI is InChI=1S/C21H14NS.C7H9.2ClH.Ti/c1-2-8-16-14-17(13-15(16)7-1)22-18-9-3-5-11-20(18)23-21-12-6-4-10-19(21)22;1-6-4-3-5-7(6)2;;;/h1-14H;4H,3H2,1-2H3;2*1H;/q;;;;+2/p-2. The van der Waals surface area contributed by atoms with Crippen molar-refractivity contribution >= 4 is 29.2 Å². The van der Waals surface area contributed by atoms with E-state index in [0.29, 0.717) is 4.22 Å². The molecule has 164 valence electrons. The number of benzene rings is 3. The zero-order valence-electron chi connectivity index (χ0n) is 18.5. The summed E-state index contributed by atoms with van der Waals surface area (Å²) in [6, 6.07) is 26.8. The Bertz CT molecular complexity index is 1270. The van der Waals surface area contributed by atoms with Crippen molar-refractivity contribution in [1.29, 1.82) is 0 Å². The molecular formula is C28H23Cl2NSTi. The van der Waals surface area contributed by atoms with E-state index in [4.69, 9.17) is 0 Å². The molecular weight excluding hydrogens is 501 g/mol. The first kappa shape index (κ1) is 24.4. The number of hydrogen-bond donors (Lipinski definition) is 0. The van der Waals surface area contributed by atoms with Crippen LogP contribution in [0.25, 0.3) is 6.08 Å². The van der Waals surface area contributed by atoms with Gasteiger partial charge in [0.1, 0.15) is 0 Å². The monoisotopic (exact) mass is 523 g/mol. The Morgan fingerprint density at radius 1 is 0.818 bits per heavy atom. The first-order chi connectivity index (χ1) is 15.2. The van der Waals surface area contributed by atoms with Gasteiger partial charge in [0.2, 0.25) is 0 Å². The molecule has 1 heterocycles. The van der Waals surface area contributed by atoms with Crippen molar-refractivity contribution < 1.29 is 44.0 Å². The van der Waals surface area contributed by atoms with Crippen LogP contribution in [0.3, 0.4) is 0 Å². The zero-order valence-corrected chi connectivity index (χ0v) is 22.4. The fraction of sp³-hybridized carbons (Fsp3) is 0.143. The fourth-order valence-corrected chi connectivity index (χ4v) is 8.58. The first-order valence-corrected chi connectivity index (χ1v) is 13.3. The average molecular weight is 524 g/mol. The van der Waals surface area contributed by atoms with E-state index in [1.807, 2.05) is 11.8 Å². The second-order valence-electron chi connectivity index (χ2n) is 8.34. The van der Waals surface area contributed by atoms with Gasteiger partial charge >= 0.3 is 198 Å². The van der Waals surface area contributed by atoms with Crippen LogP contribution in [-0.4, -0.2) is 0 Å². The van der Waals surface area contributed by atoms with Crippen LogP contribution in [0.5, 0.6) is 0 Å². The molecule has 33 heavy (non-hydrogen) atoms. The number of fused-ring (bicyclic) bond motifs is 3. The normalized spacial score (nSPS) is 17.6. The molecule has 3 aromatic carbocycles. The van der Waals surface area contributed by atoms with E-state index in [2.05, 4.69) is 104 Å². The topological polar surface area (TPSA) is 3.24 Å². The Hall–Kier alpha value is -1.68. The summed E-state index contributed by atoms with van der Waals surface area (Å²) in [6.45, 7) is 4.59. The molecule has 0 bridgehead atoms. The predicted octanol–water partition coefficient (Wildman–Crippen LogP) is 2.10. The van der Waals surface area contributed by atoms with Crippen molar-refractivity contribution in [3.63, 3.8) is 0 Å². The summed E-state index contributed by atoms with van der Waals surface area (Å²) in [6.07, 6.45) is 6.02. The third kappa shape index (κ3) is 4.18. The third-order valence-corrected chi connectivity index (χ3v) is 10.5. The summed E-state index contributed by atoms with van der Waals surface area (Å²) < 4.78 is 2.20. The molecule has 0 radical (unpaired) electrons. The van der Waals surface area contributed by atoms with Crippen LogP contribution in [0.1, 0.15) is 35.6 Å². The SMILES string of the molecule is CC1=CC[C]([Ti+2][CH]2C(N3c4ccccc4Sc4ccccc43)=Cc3ccccc32)=C1C.[Cl-].[Cl-]. The Balaban J connectivity index is 0.00000130. The average Bonchev–Trinajstić information content (AvgIpc) is 3.32. The molecule has 0 amide bonds. The maximum Gasteiger partial charge on any atom is -1.00 e. The van der Waals surface area contributed by atoms with Crippen LogP contribution in [0.4, 0.5) is 11.4 Å². The molecule has 5 heteroatoms. The van der Waals surface area contributed by atoms with Gasteiger partial charge in [-0.1, -0.05) is 0 Å². The molecule has 0 fully saturated rings. The maximum absolute atomic E-state index is 2.56. The number of halogens is 2. The second-order valence-corrected chi connectivity index (χ2v) is 11.7. The van der Waals surface area contributed by atoms with Crippen molar-refractivity contribution in [1.82, 2.24) is 0 Å². The van der Waals surface area contributed by atoms with E-state index in [9.17, 15) is 0 Å². The molecule has 3 aromatic rings. The van der Waals surface area contributed by atoms with Crippen molar-refractivity contribution in [3.05, 3.63) is 111 Å². The van der Waals surface area contributed by atoms with E-state index in [0.717, 1.165) is 6.42 Å². The zero-order chi connectivity index (χ0) is 20.9. The van der Waals surface area contributed by atoms with E-state index >= 15 is 0 Å². The second kappa shape index (κ2) is 9.90. The molecule has 0 N–H and O–H groups in total. The van der Waals surface area contributed by atoms with Gasteiger partial charge in [-0.05, 0) is 0 Å². The number of allylic oxidation sites excluding steroid dienone is 5. The number of nitrogens with zero attached hydrogens (tertiary/aromatic N) is 1. The number of anilines is 2. The van der Waals surface area contributed by atoms with Crippen LogP contribution >= 0.6 is 11.8 Å². The molecule has 6 rings (SSSR count). The Morgan fingerprint density at radius 3 is 2.06 bits per heavy atom. The van der Waals surface area contributed by atoms with Crippen LogP contribution in [0.15, 0.2) is 109 Å². The number of hydrogen-bond acceptors (Lipinski definition) is 2. The van der Waals surface area contributed by atoms with Gasteiger partial charge in [-0.15, -0.1) is 0 Å². The van der Waals surface area contributed by atoms with Crippen LogP contribution in [0.2, 0.25) is 0 Å². The van der Waals surface area contributed by atoms with E-state index in [1.165, 1.54) is 43.6 Å². The molecule has 1 nitrogen and oxygen atoms in total. The Labute approximate surface area is 221 Å². The summed E-state index contributed by atoms with van der Waals surface area (Å²) in [5, 5.41) is 0. The molecule has 1 aliphatic heterocycles. The van der Waals surface area contributed by atoms with Crippen molar-refractivity contribution in [3.8, 4) is 0 Å². The summed E-state index contributed by atoms with van der Waals surface area (Å²) in [5.41, 5.74) is 9.99. The van der Waals surface area contributed by atoms with E-state index in [1.54, 1.807) is 9.45 Å².